The average Bonchev–Trinajstić information content (AvgIpc) is 2.96. The normalized spacial score (nSPS) is 21.6. The highest BCUT2D eigenvalue weighted by molar-refractivity contribution is 5.75. The third kappa shape index (κ3) is 4.88. The molecule has 2 rings (SSSR count). The summed E-state index contributed by atoms with van der Waals surface area (Å²) in [7, 11) is 0. The molecule has 0 aromatic heterocycles. The van der Waals surface area contributed by atoms with Gasteiger partial charge in [-0.2, -0.15) is 0 Å². The lowest BCUT2D eigenvalue weighted by atomic mass is 10.0. The van der Waals surface area contributed by atoms with Crippen molar-refractivity contribution in [3.05, 3.63) is 47.5 Å². The fourth-order valence-corrected chi connectivity index (χ4v) is 2.72. The first-order chi connectivity index (χ1) is 10.6. The molecule has 0 bridgehead atoms. The topological polar surface area (TPSA) is 61.4 Å². The maximum atomic E-state index is 12.1. The Morgan fingerprint density at radius 3 is 2.64 bits per heavy atom. The molecule has 0 spiro atoms. The van der Waals surface area contributed by atoms with Gasteiger partial charge in [0.05, 0.1) is 0 Å². The molecule has 1 aromatic carbocycles. The average molecular weight is 302 g/mol. The molecule has 3 N–H and O–H groups in total. The van der Waals surface area contributed by atoms with Gasteiger partial charge in [-0.25, -0.2) is 4.79 Å². The second-order valence-corrected chi connectivity index (χ2v) is 6.08. The third-order valence-corrected chi connectivity index (χ3v) is 4.15. The van der Waals surface area contributed by atoms with Crippen LogP contribution in [-0.4, -0.2) is 29.8 Å². The predicted octanol–water partition coefficient (Wildman–Crippen LogP) is 2.55. The van der Waals surface area contributed by atoms with Crippen LogP contribution in [0.15, 0.2) is 36.4 Å². The summed E-state index contributed by atoms with van der Waals surface area (Å²) in [6, 6.07) is 8.44. The van der Waals surface area contributed by atoms with Crippen LogP contribution in [0.1, 0.15) is 30.9 Å². The number of aryl methyl sites for hydroxylation is 1. The van der Waals surface area contributed by atoms with E-state index in [-0.39, 0.29) is 30.6 Å². The van der Waals surface area contributed by atoms with Crippen LogP contribution in [-0.2, 0) is 6.42 Å². The molecular weight excluding hydrogens is 276 g/mol. The highest BCUT2D eigenvalue weighted by Crippen LogP contribution is 2.16. The van der Waals surface area contributed by atoms with Gasteiger partial charge in [0.15, 0.2) is 0 Å². The van der Waals surface area contributed by atoms with E-state index in [2.05, 4.69) is 48.7 Å². The van der Waals surface area contributed by atoms with Crippen LogP contribution < -0.4 is 10.6 Å². The van der Waals surface area contributed by atoms with Crippen molar-refractivity contribution in [2.24, 2.45) is 5.92 Å². The molecule has 1 aromatic rings. The van der Waals surface area contributed by atoms with Crippen LogP contribution in [0.2, 0.25) is 0 Å². The van der Waals surface area contributed by atoms with Crippen LogP contribution in [0.3, 0.4) is 0 Å². The third-order valence-electron chi connectivity index (χ3n) is 4.15. The van der Waals surface area contributed by atoms with Crippen molar-refractivity contribution >= 4 is 6.03 Å². The van der Waals surface area contributed by atoms with Crippen molar-refractivity contribution in [3.8, 4) is 0 Å². The first kappa shape index (κ1) is 16.6. The molecule has 3 atom stereocenters. The quantitative estimate of drug-likeness (QED) is 0.707. The van der Waals surface area contributed by atoms with Crippen molar-refractivity contribution in [2.45, 2.75) is 45.2 Å². The number of aliphatic hydroxyl groups excluding tert-OH is 1. The fourth-order valence-electron chi connectivity index (χ4n) is 2.72. The van der Waals surface area contributed by atoms with Gasteiger partial charge in [-0.05, 0) is 31.7 Å². The number of carbonyl (C=O) groups is 1. The summed E-state index contributed by atoms with van der Waals surface area (Å²) in [6.45, 7) is 4.29. The van der Waals surface area contributed by atoms with E-state index < -0.39 is 0 Å². The maximum absolute atomic E-state index is 12.1. The van der Waals surface area contributed by atoms with Crippen molar-refractivity contribution in [1.82, 2.24) is 10.6 Å². The fraction of sp³-hybridized carbons (Fsp3) is 0.500. The smallest absolute Gasteiger partial charge is 0.315 e. The highest BCUT2D eigenvalue weighted by atomic mass is 16.3. The van der Waals surface area contributed by atoms with Gasteiger partial charge < -0.3 is 15.7 Å². The minimum atomic E-state index is -0.132. The highest BCUT2D eigenvalue weighted by Gasteiger charge is 2.20. The zero-order valence-corrected chi connectivity index (χ0v) is 13.4. The summed E-state index contributed by atoms with van der Waals surface area (Å²) < 4.78 is 0. The second kappa shape index (κ2) is 7.99. The molecule has 0 heterocycles. The summed E-state index contributed by atoms with van der Waals surface area (Å²) in [6.07, 6.45) is 6.43. The van der Waals surface area contributed by atoms with Crippen molar-refractivity contribution in [2.75, 3.05) is 6.61 Å². The Hall–Kier alpha value is -1.81. The number of aliphatic hydroxyl groups is 1. The van der Waals surface area contributed by atoms with Crippen molar-refractivity contribution in [3.63, 3.8) is 0 Å². The van der Waals surface area contributed by atoms with E-state index >= 15 is 0 Å². The molecule has 0 radical (unpaired) electrons. The summed E-state index contributed by atoms with van der Waals surface area (Å²) in [5, 5.41) is 15.1. The van der Waals surface area contributed by atoms with Gasteiger partial charge in [-0.3, -0.25) is 0 Å². The Balaban J connectivity index is 1.81. The molecule has 0 saturated heterocycles. The largest absolute Gasteiger partial charge is 0.396 e. The molecule has 1 unspecified atom stereocenters. The van der Waals surface area contributed by atoms with Crippen LogP contribution in [0, 0.1) is 12.8 Å². The molecule has 4 heteroatoms. The summed E-state index contributed by atoms with van der Waals surface area (Å²) in [5.74, 6) is 0.167. The molecule has 4 nitrogen and oxygen atoms in total. The van der Waals surface area contributed by atoms with Gasteiger partial charge in [0.1, 0.15) is 0 Å². The number of carbonyl (C=O) groups excluding carboxylic acids is 1. The summed E-state index contributed by atoms with van der Waals surface area (Å²) in [4.78, 5) is 12.1. The molecule has 120 valence electrons. The SMILES string of the molecule is CCC(Cc1ccc(C)cc1)NC(=O)N[C@@H]1C=C[C@H](CO)C1. The number of urea groups is 1. The monoisotopic (exact) mass is 302 g/mol. The van der Waals surface area contributed by atoms with Gasteiger partial charge >= 0.3 is 6.03 Å². The van der Waals surface area contributed by atoms with Crippen LogP contribution in [0.25, 0.3) is 0 Å². The number of benzene rings is 1. The molecule has 1 aliphatic carbocycles. The molecule has 22 heavy (non-hydrogen) atoms. The van der Waals surface area contributed by atoms with Gasteiger partial charge in [0.2, 0.25) is 0 Å². The van der Waals surface area contributed by atoms with E-state index in [1.807, 2.05) is 12.2 Å². The van der Waals surface area contributed by atoms with Gasteiger partial charge in [0, 0.05) is 24.6 Å². The van der Waals surface area contributed by atoms with E-state index in [0.717, 1.165) is 19.3 Å². The van der Waals surface area contributed by atoms with E-state index in [0.29, 0.717) is 0 Å². The number of nitrogens with one attached hydrogen (secondary N) is 2. The first-order valence-electron chi connectivity index (χ1n) is 8.02. The Morgan fingerprint density at radius 2 is 2.05 bits per heavy atom. The summed E-state index contributed by atoms with van der Waals surface area (Å²) in [5.41, 5.74) is 2.48. The lowest BCUT2D eigenvalue weighted by Crippen LogP contribution is -2.46. The molecule has 2 amide bonds. The molecule has 0 aliphatic heterocycles. The number of amides is 2. The zero-order chi connectivity index (χ0) is 15.9. The molecule has 0 fully saturated rings. The Kier molecular flexibility index (Phi) is 6.01. The zero-order valence-electron chi connectivity index (χ0n) is 13.4. The van der Waals surface area contributed by atoms with Crippen molar-refractivity contribution in [1.29, 1.82) is 0 Å². The second-order valence-electron chi connectivity index (χ2n) is 6.08. The maximum Gasteiger partial charge on any atom is 0.315 e. The van der Waals surface area contributed by atoms with Gasteiger partial charge in [-0.15, -0.1) is 0 Å². The first-order valence-corrected chi connectivity index (χ1v) is 8.02. The van der Waals surface area contributed by atoms with Gasteiger partial charge in [-0.1, -0.05) is 48.9 Å². The number of rotatable bonds is 6. The molecule has 1 aliphatic rings. The van der Waals surface area contributed by atoms with E-state index in [9.17, 15) is 4.79 Å². The van der Waals surface area contributed by atoms with E-state index in [1.54, 1.807) is 0 Å². The predicted molar refractivity (Wildman–Crippen MR) is 88.8 cm³/mol. The molecular formula is C18H26N2O2. The molecule has 0 saturated carbocycles. The van der Waals surface area contributed by atoms with E-state index in [4.69, 9.17) is 5.11 Å². The standard InChI is InChI=1S/C18H26N2O2/c1-3-16(10-14-6-4-13(2)5-7-14)19-18(22)20-17-9-8-15(11-17)12-21/h4-9,15-17,21H,3,10-12H2,1-2H3,(H2,19,20,22)/t15-,16?,17+/m0/s1. The lowest BCUT2D eigenvalue weighted by Gasteiger charge is -2.20. The van der Waals surface area contributed by atoms with E-state index in [1.165, 1.54) is 11.1 Å². The van der Waals surface area contributed by atoms with Crippen molar-refractivity contribution < 1.29 is 9.90 Å². The minimum Gasteiger partial charge on any atom is -0.396 e. The Morgan fingerprint density at radius 1 is 1.32 bits per heavy atom. The van der Waals surface area contributed by atoms with Crippen LogP contribution >= 0.6 is 0 Å². The number of hydrogen-bond acceptors (Lipinski definition) is 2. The van der Waals surface area contributed by atoms with Crippen LogP contribution in [0.5, 0.6) is 0 Å². The minimum absolute atomic E-state index is 0.0223. The Bertz CT molecular complexity index is 510. The lowest BCUT2D eigenvalue weighted by molar-refractivity contribution is 0.228. The summed E-state index contributed by atoms with van der Waals surface area (Å²) >= 11 is 0. The van der Waals surface area contributed by atoms with Crippen LogP contribution in [0.4, 0.5) is 4.79 Å². The van der Waals surface area contributed by atoms with Gasteiger partial charge in [0.25, 0.3) is 0 Å². The number of hydrogen-bond donors (Lipinski definition) is 3. The Labute approximate surface area is 132 Å².